The molecule has 0 fully saturated rings. The molecule has 0 atom stereocenters. The van der Waals surface area contributed by atoms with Crippen LogP contribution >= 0.6 is 23.2 Å². The molecule has 2 aromatic carbocycles. The lowest BCUT2D eigenvalue weighted by molar-refractivity contribution is -0.123. The van der Waals surface area contributed by atoms with Crippen molar-refractivity contribution in [1.29, 1.82) is 0 Å². The molecule has 0 aliphatic rings. The summed E-state index contributed by atoms with van der Waals surface area (Å²) < 4.78 is 5.34. The molecule has 3 aromatic rings. The van der Waals surface area contributed by atoms with E-state index in [1.165, 1.54) is 6.21 Å². The van der Waals surface area contributed by atoms with E-state index in [-0.39, 0.29) is 6.61 Å². The average molecular weight is 389 g/mol. The lowest BCUT2D eigenvalue weighted by atomic mass is 10.1. The van der Waals surface area contributed by atoms with E-state index < -0.39 is 5.91 Å². The SMILES string of the molecule is O=C(COc1ccc(Cl)cc1Cl)N/N=C/c1cn[nH]c1-c1ccccc1. The van der Waals surface area contributed by atoms with E-state index in [1.54, 1.807) is 24.4 Å². The molecule has 1 amide bonds. The average Bonchev–Trinajstić information content (AvgIpc) is 3.10. The Morgan fingerprint density at radius 2 is 2.04 bits per heavy atom. The maximum absolute atomic E-state index is 11.8. The number of benzene rings is 2. The van der Waals surface area contributed by atoms with Crippen LogP contribution in [0.15, 0.2) is 59.8 Å². The van der Waals surface area contributed by atoms with Crippen LogP contribution in [0.25, 0.3) is 11.3 Å². The van der Waals surface area contributed by atoms with Gasteiger partial charge >= 0.3 is 0 Å². The fraction of sp³-hybridized carbons (Fsp3) is 0.0556. The first-order valence-electron chi connectivity index (χ1n) is 7.62. The van der Waals surface area contributed by atoms with Crippen LogP contribution in [-0.4, -0.2) is 28.9 Å². The van der Waals surface area contributed by atoms with Crippen molar-refractivity contribution in [2.75, 3.05) is 6.61 Å². The number of carbonyl (C=O) groups excluding carboxylic acids is 1. The van der Waals surface area contributed by atoms with Gasteiger partial charge in [0.1, 0.15) is 5.75 Å². The fourth-order valence-electron chi connectivity index (χ4n) is 2.17. The van der Waals surface area contributed by atoms with E-state index in [4.69, 9.17) is 27.9 Å². The smallest absolute Gasteiger partial charge is 0.277 e. The van der Waals surface area contributed by atoms with E-state index in [9.17, 15) is 4.79 Å². The van der Waals surface area contributed by atoms with Crippen LogP contribution in [0, 0.1) is 0 Å². The predicted molar refractivity (Wildman–Crippen MR) is 102 cm³/mol. The van der Waals surface area contributed by atoms with Gasteiger partial charge in [-0.15, -0.1) is 0 Å². The summed E-state index contributed by atoms with van der Waals surface area (Å²) in [4.78, 5) is 11.8. The second kappa shape index (κ2) is 8.51. The number of hydrogen-bond donors (Lipinski definition) is 2. The van der Waals surface area contributed by atoms with Gasteiger partial charge in [-0.05, 0) is 18.2 Å². The molecule has 1 aromatic heterocycles. The van der Waals surface area contributed by atoms with Crippen molar-refractivity contribution in [3.8, 4) is 17.0 Å². The minimum Gasteiger partial charge on any atom is -0.482 e. The van der Waals surface area contributed by atoms with E-state index >= 15 is 0 Å². The number of carbonyl (C=O) groups is 1. The molecule has 0 unspecified atom stereocenters. The van der Waals surface area contributed by atoms with E-state index in [2.05, 4.69) is 20.7 Å². The summed E-state index contributed by atoms with van der Waals surface area (Å²) in [5.74, 6) is -0.0478. The Kier molecular flexibility index (Phi) is 5.88. The van der Waals surface area contributed by atoms with Crippen molar-refractivity contribution in [1.82, 2.24) is 15.6 Å². The van der Waals surface area contributed by atoms with Crippen molar-refractivity contribution in [3.05, 3.63) is 70.3 Å². The Labute approximate surface area is 159 Å². The summed E-state index contributed by atoms with van der Waals surface area (Å²) in [6.45, 7) is -0.227. The number of H-pyrrole nitrogens is 1. The van der Waals surface area contributed by atoms with Gasteiger partial charge in [0.15, 0.2) is 6.61 Å². The molecule has 6 nitrogen and oxygen atoms in total. The molecule has 132 valence electrons. The largest absolute Gasteiger partial charge is 0.482 e. The number of amides is 1. The molecular weight excluding hydrogens is 375 g/mol. The molecule has 0 aliphatic carbocycles. The number of halogens is 2. The summed E-state index contributed by atoms with van der Waals surface area (Å²) >= 11 is 11.8. The van der Waals surface area contributed by atoms with Crippen molar-refractivity contribution in [3.63, 3.8) is 0 Å². The Morgan fingerprint density at radius 1 is 1.23 bits per heavy atom. The van der Waals surface area contributed by atoms with Gasteiger partial charge in [-0.2, -0.15) is 10.2 Å². The molecule has 1 heterocycles. The summed E-state index contributed by atoms with van der Waals surface area (Å²) in [6, 6.07) is 14.5. The van der Waals surface area contributed by atoms with E-state index in [0.717, 1.165) is 16.8 Å². The summed E-state index contributed by atoms with van der Waals surface area (Å²) in [6.07, 6.45) is 3.14. The van der Waals surface area contributed by atoms with Crippen LogP contribution in [0.2, 0.25) is 10.0 Å². The van der Waals surface area contributed by atoms with Crippen molar-refractivity contribution in [2.24, 2.45) is 5.10 Å². The summed E-state index contributed by atoms with van der Waals surface area (Å²) in [5.41, 5.74) is 4.93. The third-order valence-electron chi connectivity index (χ3n) is 3.38. The predicted octanol–water partition coefficient (Wildman–Crippen LogP) is 3.91. The number of ether oxygens (including phenoxy) is 1. The molecule has 0 spiro atoms. The van der Waals surface area contributed by atoms with Crippen LogP contribution in [-0.2, 0) is 4.79 Å². The molecular formula is C18H14Cl2N4O2. The fourth-order valence-corrected chi connectivity index (χ4v) is 2.63. The quantitative estimate of drug-likeness (QED) is 0.496. The van der Waals surface area contributed by atoms with E-state index in [1.807, 2.05) is 30.3 Å². The zero-order valence-corrected chi connectivity index (χ0v) is 15.0. The zero-order chi connectivity index (χ0) is 18.4. The van der Waals surface area contributed by atoms with Gasteiger partial charge in [-0.3, -0.25) is 9.89 Å². The highest BCUT2D eigenvalue weighted by molar-refractivity contribution is 6.35. The lowest BCUT2D eigenvalue weighted by Gasteiger charge is -2.07. The van der Waals surface area contributed by atoms with Crippen LogP contribution in [0.1, 0.15) is 5.56 Å². The topological polar surface area (TPSA) is 79.4 Å². The standard InChI is InChI=1S/C18H14Cl2N4O2/c19-14-6-7-16(15(20)8-14)26-11-17(25)23-21-9-13-10-22-24-18(13)12-4-2-1-3-5-12/h1-10H,11H2,(H,22,24)(H,23,25)/b21-9+. The molecule has 0 radical (unpaired) electrons. The van der Waals surface area contributed by atoms with Crippen LogP contribution < -0.4 is 10.2 Å². The number of rotatable bonds is 6. The molecule has 0 saturated carbocycles. The summed E-state index contributed by atoms with van der Waals surface area (Å²) in [5, 5.41) is 11.7. The number of aromatic amines is 1. The van der Waals surface area contributed by atoms with Gasteiger partial charge in [0, 0.05) is 16.1 Å². The second-order valence-electron chi connectivity index (χ2n) is 5.22. The minimum atomic E-state index is -0.419. The van der Waals surface area contributed by atoms with Crippen LogP contribution in [0.5, 0.6) is 5.75 Å². The van der Waals surface area contributed by atoms with Crippen molar-refractivity contribution in [2.45, 2.75) is 0 Å². The first kappa shape index (κ1) is 18.0. The highest BCUT2D eigenvalue weighted by atomic mass is 35.5. The molecule has 3 rings (SSSR count). The highest BCUT2D eigenvalue weighted by Crippen LogP contribution is 2.27. The summed E-state index contributed by atoms with van der Waals surface area (Å²) in [7, 11) is 0. The Bertz CT molecular complexity index is 926. The molecule has 0 bridgehead atoms. The Hall–Kier alpha value is -2.83. The third kappa shape index (κ3) is 4.62. The monoisotopic (exact) mass is 388 g/mol. The maximum Gasteiger partial charge on any atom is 0.277 e. The van der Waals surface area contributed by atoms with Gasteiger partial charge in [-0.25, -0.2) is 5.43 Å². The number of hydrazone groups is 1. The van der Waals surface area contributed by atoms with E-state index in [0.29, 0.717) is 15.8 Å². The molecule has 2 N–H and O–H groups in total. The molecule has 26 heavy (non-hydrogen) atoms. The number of aromatic nitrogens is 2. The van der Waals surface area contributed by atoms with Gasteiger partial charge in [0.05, 0.1) is 23.1 Å². The first-order valence-corrected chi connectivity index (χ1v) is 8.37. The van der Waals surface area contributed by atoms with Gasteiger partial charge < -0.3 is 4.74 Å². The Morgan fingerprint density at radius 3 is 2.81 bits per heavy atom. The zero-order valence-electron chi connectivity index (χ0n) is 13.4. The number of hydrogen-bond acceptors (Lipinski definition) is 4. The van der Waals surface area contributed by atoms with Crippen molar-refractivity contribution < 1.29 is 9.53 Å². The van der Waals surface area contributed by atoms with Gasteiger partial charge in [0.2, 0.25) is 0 Å². The van der Waals surface area contributed by atoms with Crippen LogP contribution in [0.4, 0.5) is 0 Å². The maximum atomic E-state index is 11.8. The third-order valence-corrected chi connectivity index (χ3v) is 3.91. The van der Waals surface area contributed by atoms with Gasteiger partial charge in [-0.1, -0.05) is 53.5 Å². The normalized spacial score (nSPS) is 10.8. The molecule has 8 heteroatoms. The minimum absolute atomic E-state index is 0.227. The lowest BCUT2D eigenvalue weighted by Crippen LogP contribution is -2.24. The Balaban J connectivity index is 1.56. The van der Waals surface area contributed by atoms with Crippen molar-refractivity contribution >= 4 is 35.3 Å². The first-order chi connectivity index (χ1) is 12.6. The molecule has 0 saturated heterocycles. The highest BCUT2D eigenvalue weighted by Gasteiger charge is 2.07. The number of nitrogens with one attached hydrogen (secondary N) is 2. The van der Waals surface area contributed by atoms with Crippen LogP contribution in [0.3, 0.4) is 0 Å². The second-order valence-corrected chi connectivity index (χ2v) is 6.07. The molecule has 0 aliphatic heterocycles. The number of nitrogens with zero attached hydrogens (tertiary/aromatic N) is 2. The van der Waals surface area contributed by atoms with Gasteiger partial charge in [0.25, 0.3) is 5.91 Å².